The predicted molar refractivity (Wildman–Crippen MR) is 89.5 cm³/mol. The van der Waals surface area contributed by atoms with E-state index in [-0.39, 0.29) is 17.0 Å². The summed E-state index contributed by atoms with van der Waals surface area (Å²) in [6.07, 6.45) is 8.00. The molecular formula is C15H14N6O2S. The van der Waals surface area contributed by atoms with Crippen molar-refractivity contribution in [3.8, 4) is 0 Å². The molecule has 9 heteroatoms. The minimum Gasteiger partial charge on any atom is -0.352 e. The van der Waals surface area contributed by atoms with Gasteiger partial charge in [-0.25, -0.2) is 9.97 Å². The van der Waals surface area contributed by atoms with Gasteiger partial charge in [0, 0.05) is 56.3 Å². The molecule has 3 aromatic heterocycles. The molecule has 0 aromatic carbocycles. The average molecular weight is 342 g/mol. The van der Waals surface area contributed by atoms with Crippen molar-refractivity contribution in [2.24, 2.45) is 0 Å². The monoisotopic (exact) mass is 342 g/mol. The number of thiazole rings is 1. The number of carbonyl (C=O) groups excluding carboxylic acids is 1. The summed E-state index contributed by atoms with van der Waals surface area (Å²) in [5.41, 5.74) is -0.207. The van der Waals surface area contributed by atoms with Crippen LogP contribution in [-0.4, -0.2) is 56.3 Å². The molecule has 24 heavy (non-hydrogen) atoms. The van der Waals surface area contributed by atoms with E-state index in [2.05, 4.69) is 19.9 Å². The molecule has 3 aromatic rings. The van der Waals surface area contributed by atoms with Crippen molar-refractivity contribution in [3.63, 3.8) is 0 Å². The van der Waals surface area contributed by atoms with Crippen molar-refractivity contribution < 1.29 is 4.79 Å². The van der Waals surface area contributed by atoms with E-state index in [4.69, 9.17) is 0 Å². The number of fused-ring (bicyclic) bond motifs is 1. The Hall–Kier alpha value is -2.81. The third-order valence-corrected chi connectivity index (χ3v) is 4.78. The highest BCUT2D eigenvalue weighted by Gasteiger charge is 2.25. The maximum Gasteiger partial charge on any atom is 0.271 e. The number of piperazine rings is 1. The number of rotatable bonds is 2. The summed E-state index contributed by atoms with van der Waals surface area (Å²) in [5.74, 6) is 0.526. The molecule has 4 heterocycles. The first-order valence-electron chi connectivity index (χ1n) is 7.49. The Morgan fingerprint density at radius 1 is 1.08 bits per heavy atom. The molecule has 0 atom stereocenters. The Balaban J connectivity index is 1.51. The molecule has 0 aliphatic carbocycles. The van der Waals surface area contributed by atoms with Gasteiger partial charge in [-0.3, -0.25) is 19.0 Å². The maximum atomic E-state index is 12.7. The SMILES string of the molecule is O=C(c1cnc2sccn2c1=O)N1CCN(c2cnccn2)CC1. The molecule has 0 radical (unpaired) electrons. The highest BCUT2D eigenvalue weighted by atomic mass is 32.1. The Bertz CT molecular complexity index is 930. The van der Waals surface area contributed by atoms with Crippen LogP contribution >= 0.6 is 11.3 Å². The van der Waals surface area contributed by atoms with Crippen LogP contribution in [0.25, 0.3) is 4.96 Å². The number of hydrogen-bond acceptors (Lipinski definition) is 7. The number of hydrogen-bond donors (Lipinski definition) is 0. The quantitative estimate of drug-likeness (QED) is 0.675. The molecule has 0 spiro atoms. The van der Waals surface area contributed by atoms with E-state index in [1.165, 1.54) is 21.9 Å². The second-order valence-electron chi connectivity index (χ2n) is 5.38. The molecule has 0 unspecified atom stereocenters. The third-order valence-electron chi connectivity index (χ3n) is 4.01. The lowest BCUT2D eigenvalue weighted by molar-refractivity contribution is 0.0744. The first kappa shape index (κ1) is 14.8. The largest absolute Gasteiger partial charge is 0.352 e. The summed E-state index contributed by atoms with van der Waals surface area (Å²) in [5, 5.41) is 1.78. The van der Waals surface area contributed by atoms with Gasteiger partial charge in [-0.05, 0) is 0 Å². The van der Waals surface area contributed by atoms with Crippen LogP contribution in [-0.2, 0) is 0 Å². The minimum atomic E-state index is -0.317. The number of anilines is 1. The lowest BCUT2D eigenvalue weighted by Crippen LogP contribution is -2.50. The normalized spacial score (nSPS) is 15.0. The molecular weight excluding hydrogens is 328 g/mol. The van der Waals surface area contributed by atoms with E-state index >= 15 is 0 Å². The molecule has 0 saturated carbocycles. The molecule has 1 saturated heterocycles. The summed E-state index contributed by atoms with van der Waals surface area (Å²) in [7, 11) is 0. The molecule has 8 nitrogen and oxygen atoms in total. The number of nitrogens with zero attached hydrogens (tertiary/aromatic N) is 6. The Morgan fingerprint density at radius 3 is 2.67 bits per heavy atom. The van der Waals surface area contributed by atoms with E-state index in [0.717, 1.165) is 5.82 Å². The second kappa shape index (κ2) is 6.00. The lowest BCUT2D eigenvalue weighted by Gasteiger charge is -2.35. The fourth-order valence-corrected chi connectivity index (χ4v) is 3.41. The van der Waals surface area contributed by atoms with Crippen molar-refractivity contribution in [2.75, 3.05) is 31.1 Å². The molecule has 1 aliphatic rings. The number of amides is 1. The van der Waals surface area contributed by atoms with E-state index in [1.807, 2.05) is 0 Å². The van der Waals surface area contributed by atoms with Crippen LogP contribution in [0.4, 0.5) is 5.82 Å². The number of aromatic nitrogens is 4. The third kappa shape index (κ3) is 2.52. The first-order chi connectivity index (χ1) is 11.7. The van der Waals surface area contributed by atoms with Gasteiger partial charge in [-0.1, -0.05) is 0 Å². The van der Waals surface area contributed by atoms with Gasteiger partial charge in [0.15, 0.2) is 4.96 Å². The lowest BCUT2D eigenvalue weighted by atomic mass is 10.2. The van der Waals surface area contributed by atoms with E-state index in [9.17, 15) is 9.59 Å². The zero-order valence-corrected chi connectivity index (χ0v) is 13.5. The summed E-state index contributed by atoms with van der Waals surface area (Å²) >= 11 is 1.36. The molecule has 122 valence electrons. The highest BCUT2D eigenvalue weighted by Crippen LogP contribution is 2.13. The topological polar surface area (TPSA) is 83.7 Å². The van der Waals surface area contributed by atoms with Crippen molar-refractivity contribution in [1.29, 1.82) is 0 Å². The van der Waals surface area contributed by atoms with Crippen molar-refractivity contribution in [3.05, 3.63) is 52.3 Å². The van der Waals surface area contributed by atoms with Gasteiger partial charge in [0.2, 0.25) is 0 Å². The first-order valence-corrected chi connectivity index (χ1v) is 8.37. The van der Waals surface area contributed by atoms with Gasteiger partial charge in [-0.2, -0.15) is 0 Å². The van der Waals surface area contributed by atoms with Gasteiger partial charge in [0.05, 0.1) is 6.20 Å². The van der Waals surface area contributed by atoms with Crippen LogP contribution in [0.3, 0.4) is 0 Å². The fourth-order valence-electron chi connectivity index (χ4n) is 2.73. The van der Waals surface area contributed by atoms with E-state index < -0.39 is 0 Å². The Kier molecular flexibility index (Phi) is 3.69. The van der Waals surface area contributed by atoms with E-state index in [1.54, 1.807) is 35.1 Å². The molecule has 4 rings (SSSR count). The smallest absolute Gasteiger partial charge is 0.271 e. The zero-order chi connectivity index (χ0) is 16.5. The van der Waals surface area contributed by atoms with Gasteiger partial charge < -0.3 is 9.80 Å². The van der Waals surface area contributed by atoms with Crippen molar-refractivity contribution >= 4 is 28.0 Å². The predicted octanol–water partition coefficient (Wildman–Crippen LogP) is 0.508. The molecule has 1 fully saturated rings. The molecule has 0 bridgehead atoms. The van der Waals surface area contributed by atoms with Gasteiger partial charge in [0.1, 0.15) is 11.4 Å². The Morgan fingerprint density at radius 2 is 1.92 bits per heavy atom. The fraction of sp³-hybridized carbons (Fsp3) is 0.267. The summed E-state index contributed by atoms with van der Waals surface area (Å²) in [6.45, 7) is 2.36. The second-order valence-corrected chi connectivity index (χ2v) is 6.25. The highest BCUT2D eigenvalue weighted by molar-refractivity contribution is 7.15. The van der Waals surface area contributed by atoms with Crippen LogP contribution in [0.2, 0.25) is 0 Å². The summed E-state index contributed by atoms with van der Waals surface area (Å²) in [4.78, 5) is 41.9. The number of carbonyl (C=O) groups is 1. The van der Waals surface area contributed by atoms with Crippen LogP contribution in [0.5, 0.6) is 0 Å². The van der Waals surface area contributed by atoms with Gasteiger partial charge in [-0.15, -0.1) is 11.3 Å². The average Bonchev–Trinajstić information content (AvgIpc) is 3.12. The van der Waals surface area contributed by atoms with Crippen LogP contribution in [0, 0.1) is 0 Å². The van der Waals surface area contributed by atoms with Crippen molar-refractivity contribution in [2.45, 2.75) is 0 Å². The Labute approximate surface area is 141 Å². The van der Waals surface area contributed by atoms with Gasteiger partial charge >= 0.3 is 0 Å². The van der Waals surface area contributed by atoms with Gasteiger partial charge in [0.25, 0.3) is 11.5 Å². The molecule has 1 amide bonds. The minimum absolute atomic E-state index is 0.110. The summed E-state index contributed by atoms with van der Waals surface area (Å²) < 4.78 is 1.41. The van der Waals surface area contributed by atoms with E-state index in [0.29, 0.717) is 31.1 Å². The van der Waals surface area contributed by atoms with Crippen LogP contribution in [0.15, 0.2) is 41.2 Å². The standard InChI is InChI=1S/C15H14N6O2S/c22-13(11-9-18-15-21(14(11)23)7-8-24-15)20-5-3-19(4-6-20)12-10-16-1-2-17-12/h1-2,7-10H,3-6H2. The van der Waals surface area contributed by atoms with Crippen molar-refractivity contribution in [1.82, 2.24) is 24.3 Å². The maximum absolute atomic E-state index is 12.7. The zero-order valence-electron chi connectivity index (χ0n) is 12.7. The van der Waals surface area contributed by atoms with Crippen LogP contribution in [0.1, 0.15) is 10.4 Å². The van der Waals surface area contributed by atoms with Crippen LogP contribution < -0.4 is 10.5 Å². The molecule has 0 N–H and O–H groups in total. The molecule has 1 aliphatic heterocycles. The summed E-state index contributed by atoms with van der Waals surface area (Å²) in [6, 6.07) is 0.